The average molecular weight is 423 g/mol. The SMILES string of the molecule is CCCc1ccc(C(=O)OC)s1.FC(F)(F)C1CCC(C#Cc2ccccc2)C1. The molecule has 1 aliphatic carbocycles. The lowest BCUT2D eigenvalue weighted by atomic mass is 10.0. The number of benzene rings is 1. The largest absolute Gasteiger partial charge is 0.465 e. The van der Waals surface area contributed by atoms with Crippen LogP contribution in [0.3, 0.4) is 0 Å². The summed E-state index contributed by atoms with van der Waals surface area (Å²) in [5.41, 5.74) is 0.864. The summed E-state index contributed by atoms with van der Waals surface area (Å²) in [4.78, 5) is 13.0. The van der Waals surface area contributed by atoms with Crippen LogP contribution >= 0.6 is 11.3 Å². The maximum Gasteiger partial charge on any atom is 0.391 e. The van der Waals surface area contributed by atoms with Crippen LogP contribution in [0.5, 0.6) is 0 Å². The summed E-state index contributed by atoms with van der Waals surface area (Å²) in [6.07, 6.45) is -0.961. The monoisotopic (exact) mass is 422 g/mol. The van der Waals surface area contributed by atoms with E-state index in [2.05, 4.69) is 23.5 Å². The number of rotatable bonds is 3. The number of carbonyl (C=O) groups excluding carboxylic acids is 1. The minimum absolute atomic E-state index is 0.109. The second-order valence-corrected chi connectivity index (χ2v) is 8.06. The van der Waals surface area contributed by atoms with Crippen molar-refractivity contribution in [3.63, 3.8) is 0 Å². The Morgan fingerprint density at radius 2 is 1.90 bits per heavy atom. The predicted octanol–water partition coefficient (Wildman–Crippen LogP) is 6.50. The van der Waals surface area contributed by atoms with Crippen molar-refractivity contribution >= 4 is 17.3 Å². The lowest BCUT2D eigenvalue weighted by Gasteiger charge is -2.12. The molecule has 0 saturated heterocycles. The van der Waals surface area contributed by atoms with E-state index in [1.54, 1.807) is 0 Å². The lowest BCUT2D eigenvalue weighted by molar-refractivity contribution is -0.172. The minimum atomic E-state index is -4.05. The van der Waals surface area contributed by atoms with E-state index >= 15 is 0 Å². The summed E-state index contributed by atoms with van der Waals surface area (Å²) in [5, 5.41) is 0. The number of aryl methyl sites for hydroxylation is 1. The van der Waals surface area contributed by atoms with Gasteiger partial charge in [0, 0.05) is 16.4 Å². The van der Waals surface area contributed by atoms with Gasteiger partial charge in [0.05, 0.1) is 13.0 Å². The van der Waals surface area contributed by atoms with Crippen molar-refractivity contribution in [3.8, 4) is 11.8 Å². The van der Waals surface area contributed by atoms with Gasteiger partial charge in [-0.2, -0.15) is 13.2 Å². The first-order chi connectivity index (χ1) is 13.8. The number of methoxy groups -OCH3 is 1. The summed E-state index contributed by atoms with van der Waals surface area (Å²) >= 11 is 1.52. The minimum Gasteiger partial charge on any atom is -0.465 e. The zero-order valence-corrected chi connectivity index (χ0v) is 17.4. The van der Waals surface area contributed by atoms with Gasteiger partial charge >= 0.3 is 12.1 Å². The topological polar surface area (TPSA) is 26.3 Å². The molecule has 1 fully saturated rings. The van der Waals surface area contributed by atoms with Crippen LogP contribution in [0.15, 0.2) is 42.5 Å². The van der Waals surface area contributed by atoms with Crippen molar-refractivity contribution in [2.45, 2.75) is 45.2 Å². The Morgan fingerprint density at radius 3 is 2.48 bits per heavy atom. The number of ether oxygens (including phenoxy) is 1. The van der Waals surface area contributed by atoms with Crippen molar-refractivity contribution in [3.05, 3.63) is 57.8 Å². The molecule has 156 valence electrons. The molecule has 1 heterocycles. The van der Waals surface area contributed by atoms with Gasteiger partial charge in [-0.25, -0.2) is 4.79 Å². The second-order valence-electron chi connectivity index (χ2n) is 6.89. The fraction of sp³-hybridized carbons (Fsp3) is 0.435. The van der Waals surface area contributed by atoms with Crippen LogP contribution in [0.2, 0.25) is 0 Å². The molecule has 0 aliphatic heterocycles. The van der Waals surface area contributed by atoms with Crippen molar-refractivity contribution < 1.29 is 22.7 Å². The molecule has 1 saturated carbocycles. The molecular weight excluding hydrogens is 397 g/mol. The first-order valence-electron chi connectivity index (χ1n) is 9.63. The van der Waals surface area contributed by atoms with Gasteiger partial charge in [-0.1, -0.05) is 43.4 Å². The fourth-order valence-corrected chi connectivity index (χ4v) is 4.11. The fourth-order valence-electron chi connectivity index (χ4n) is 3.09. The third-order valence-corrected chi connectivity index (χ3v) is 5.76. The zero-order valence-electron chi connectivity index (χ0n) is 16.6. The van der Waals surface area contributed by atoms with E-state index in [4.69, 9.17) is 0 Å². The van der Waals surface area contributed by atoms with Gasteiger partial charge in [0.25, 0.3) is 0 Å². The number of hydrogen-bond donors (Lipinski definition) is 0. The van der Waals surface area contributed by atoms with Crippen LogP contribution in [0, 0.1) is 23.7 Å². The Bertz CT molecular complexity index is 831. The van der Waals surface area contributed by atoms with Crippen molar-refractivity contribution in [2.75, 3.05) is 7.11 Å². The first-order valence-corrected chi connectivity index (χ1v) is 10.5. The van der Waals surface area contributed by atoms with Crippen LogP contribution in [0.1, 0.15) is 52.7 Å². The van der Waals surface area contributed by atoms with Crippen LogP contribution in [0.25, 0.3) is 0 Å². The molecule has 6 heteroatoms. The van der Waals surface area contributed by atoms with Gasteiger partial charge in [-0.05, 0) is 49.9 Å². The molecule has 0 N–H and O–H groups in total. The first kappa shape index (κ1) is 23.0. The summed E-state index contributed by atoms with van der Waals surface area (Å²) in [7, 11) is 1.40. The normalized spacial score (nSPS) is 18.2. The van der Waals surface area contributed by atoms with Crippen molar-refractivity contribution in [2.24, 2.45) is 11.8 Å². The summed E-state index contributed by atoms with van der Waals surface area (Å²) in [6.45, 7) is 2.12. The standard InChI is InChI=1S/C14H13F3.C9H12O2S/c15-14(16,17)13-9-8-12(10-13)7-6-11-4-2-1-3-5-11;1-3-4-7-5-6-8(12-7)9(10)11-2/h1-5,12-13H,8-10H2;5-6H,3-4H2,1-2H3. The Morgan fingerprint density at radius 1 is 1.17 bits per heavy atom. The number of carbonyl (C=O) groups is 1. The number of thiophene rings is 1. The summed E-state index contributed by atoms with van der Waals surface area (Å²) in [5.74, 6) is 4.39. The second kappa shape index (κ2) is 11.1. The van der Waals surface area contributed by atoms with Gasteiger partial charge in [0.2, 0.25) is 0 Å². The van der Waals surface area contributed by atoms with E-state index in [-0.39, 0.29) is 24.7 Å². The molecule has 3 rings (SSSR count). The van der Waals surface area contributed by atoms with Crippen LogP contribution < -0.4 is 0 Å². The third kappa shape index (κ3) is 7.58. The molecule has 1 aromatic carbocycles. The maximum atomic E-state index is 12.4. The van der Waals surface area contributed by atoms with Crippen LogP contribution in [0.4, 0.5) is 13.2 Å². The molecule has 2 nitrogen and oxygen atoms in total. The molecular formula is C23H25F3O2S. The lowest BCUT2D eigenvalue weighted by Crippen LogP contribution is -2.19. The zero-order chi connectivity index (χ0) is 21.3. The molecule has 2 aromatic rings. The highest BCUT2D eigenvalue weighted by atomic mass is 32.1. The Hall–Kier alpha value is -2.26. The molecule has 2 atom stereocenters. The Kier molecular flexibility index (Phi) is 8.78. The summed E-state index contributed by atoms with van der Waals surface area (Å²) < 4.78 is 41.9. The smallest absolute Gasteiger partial charge is 0.391 e. The Balaban J connectivity index is 0.000000221. The Labute approximate surface area is 174 Å². The average Bonchev–Trinajstić information content (AvgIpc) is 3.37. The van der Waals surface area contributed by atoms with Gasteiger partial charge in [-0.3, -0.25) is 0 Å². The van der Waals surface area contributed by atoms with E-state index in [1.165, 1.54) is 23.3 Å². The quantitative estimate of drug-likeness (QED) is 0.417. The molecule has 1 aliphatic rings. The molecule has 2 unspecified atom stereocenters. The van der Waals surface area contributed by atoms with E-state index < -0.39 is 12.1 Å². The molecule has 0 bridgehead atoms. The third-order valence-electron chi connectivity index (χ3n) is 4.63. The highest BCUT2D eigenvalue weighted by molar-refractivity contribution is 7.13. The van der Waals surface area contributed by atoms with E-state index in [0.29, 0.717) is 11.3 Å². The molecule has 1 aromatic heterocycles. The molecule has 0 spiro atoms. The highest BCUT2D eigenvalue weighted by Crippen LogP contribution is 2.41. The number of esters is 1. The van der Waals surface area contributed by atoms with Gasteiger partial charge in [0.1, 0.15) is 4.88 Å². The highest BCUT2D eigenvalue weighted by Gasteiger charge is 2.43. The van der Waals surface area contributed by atoms with Gasteiger partial charge in [0.15, 0.2) is 0 Å². The predicted molar refractivity (Wildman–Crippen MR) is 110 cm³/mol. The summed E-state index contributed by atoms with van der Waals surface area (Å²) in [6, 6.07) is 13.2. The van der Waals surface area contributed by atoms with E-state index in [9.17, 15) is 18.0 Å². The molecule has 29 heavy (non-hydrogen) atoms. The molecule has 0 amide bonds. The van der Waals surface area contributed by atoms with Crippen molar-refractivity contribution in [1.29, 1.82) is 0 Å². The van der Waals surface area contributed by atoms with E-state index in [1.807, 2.05) is 42.5 Å². The maximum absolute atomic E-state index is 12.4. The van der Waals surface area contributed by atoms with Crippen LogP contribution in [-0.4, -0.2) is 19.3 Å². The number of hydrogen-bond acceptors (Lipinski definition) is 3. The van der Waals surface area contributed by atoms with Crippen molar-refractivity contribution in [1.82, 2.24) is 0 Å². The van der Waals surface area contributed by atoms with Gasteiger partial charge < -0.3 is 4.74 Å². The number of halogens is 3. The van der Waals surface area contributed by atoms with E-state index in [0.717, 1.165) is 18.4 Å². The van der Waals surface area contributed by atoms with Crippen LogP contribution in [-0.2, 0) is 11.2 Å². The van der Waals surface area contributed by atoms with Gasteiger partial charge in [-0.15, -0.1) is 11.3 Å². The number of alkyl halides is 3. The molecule has 0 radical (unpaired) electrons.